The maximum Gasteiger partial charge on any atom is 0.215 e. The molecule has 1 atom stereocenters. The summed E-state index contributed by atoms with van der Waals surface area (Å²) in [6, 6.07) is 7.32. The first-order valence-electron chi connectivity index (χ1n) is 6.68. The van der Waals surface area contributed by atoms with Crippen LogP contribution in [0.25, 0.3) is 0 Å². The standard InChI is InChI=1S/C14H23ClN2O2S/c1-11(2)16-9-10-20(18,19)17(4)12(3)13-5-7-14(15)8-6-13/h5-8,11-12,16H,9-10H2,1-4H3. The van der Waals surface area contributed by atoms with Gasteiger partial charge in [0, 0.05) is 30.7 Å². The van der Waals surface area contributed by atoms with E-state index in [4.69, 9.17) is 11.6 Å². The van der Waals surface area contributed by atoms with Gasteiger partial charge in [-0.05, 0) is 24.6 Å². The van der Waals surface area contributed by atoms with Crippen molar-refractivity contribution in [1.29, 1.82) is 0 Å². The van der Waals surface area contributed by atoms with E-state index in [1.54, 1.807) is 19.2 Å². The largest absolute Gasteiger partial charge is 0.313 e. The van der Waals surface area contributed by atoms with Gasteiger partial charge in [-0.25, -0.2) is 8.42 Å². The molecular formula is C14H23ClN2O2S. The SMILES string of the molecule is CC(C)NCCS(=O)(=O)N(C)C(C)c1ccc(Cl)cc1. The van der Waals surface area contributed by atoms with Gasteiger partial charge in [0.25, 0.3) is 0 Å². The van der Waals surface area contributed by atoms with Gasteiger partial charge in [-0.1, -0.05) is 37.6 Å². The summed E-state index contributed by atoms with van der Waals surface area (Å²) in [4.78, 5) is 0. The molecule has 1 aromatic carbocycles. The molecule has 0 spiro atoms. The van der Waals surface area contributed by atoms with E-state index in [0.29, 0.717) is 11.6 Å². The van der Waals surface area contributed by atoms with Gasteiger partial charge in [0.2, 0.25) is 10.0 Å². The van der Waals surface area contributed by atoms with Gasteiger partial charge in [-0.3, -0.25) is 0 Å². The van der Waals surface area contributed by atoms with Crippen molar-refractivity contribution in [3.05, 3.63) is 34.9 Å². The van der Waals surface area contributed by atoms with Gasteiger partial charge in [-0.2, -0.15) is 4.31 Å². The van der Waals surface area contributed by atoms with E-state index in [1.807, 2.05) is 32.9 Å². The van der Waals surface area contributed by atoms with E-state index in [0.717, 1.165) is 5.56 Å². The van der Waals surface area contributed by atoms with E-state index >= 15 is 0 Å². The molecule has 0 aliphatic heterocycles. The molecule has 0 aliphatic rings. The van der Waals surface area contributed by atoms with Crippen molar-refractivity contribution in [2.24, 2.45) is 0 Å². The van der Waals surface area contributed by atoms with Crippen LogP contribution >= 0.6 is 11.6 Å². The zero-order valence-electron chi connectivity index (χ0n) is 12.4. The Bertz CT molecular complexity index is 514. The fourth-order valence-electron chi connectivity index (χ4n) is 1.81. The van der Waals surface area contributed by atoms with Crippen LogP contribution in [-0.4, -0.2) is 38.1 Å². The number of nitrogens with zero attached hydrogens (tertiary/aromatic N) is 1. The third-order valence-corrected chi connectivity index (χ3v) is 5.41. The molecule has 0 amide bonds. The van der Waals surface area contributed by atoms with E-state index in [9.17, 15) is 8.42 Å². The molecular weight excluding hydrogens is 296 g/mol. The Balaban J connectivity index is 2.71. The Hall–Kier alpha value is -0.620. The number of benzene rings is 1. The van der Waals surface area contributed by atoms with Crippen LogP contribution in [0.4, 0.5) is 0 Å². The number of halogens is 1. The second-order valence-corrected chi connectivity index (χ2v) is 7.75. The van der Waals surface area contributed by atoms with E-state index < -0.39 is 10.0 Å². The maximum absolute atomic E-state index is 12.3. The van der Waals surface area contributed by atoms with Gasteiger partial charge in [0.15, 0.2) is 0 Å². The Morgan fingerprint density at radius 1 is 1.20 bits per heavy atom. The molecule has 4 nitrogen and oxygen atoms in total. The lowest BCUT2D eigenvalue weighted by Crippen LogP contribution is -2.36. The minimum absolute atomic E-state index is 0.0968. The predicted molar refractivity (Wildman–Crippen MR) is 84.6 cm³/mol. The molecule has 1 N–H and O–H groups in total. The van der Waals surface area contributed by atoms with Crippen LogP contribution in [0.3, 0.4) is 0 Å². The number of hydrogen-bond donors (Lipinski definition) is 1. The predicted octanol–water partition coefficient (Wildman–Crippen LogP) is 2.66. The summed E-state index contributed by atoms with van der Waals surface area (Å²) in [5.74, 6) is 0.0968. The Labute approximate surface area is 127 Å². The van der Waals surface area contributed by atoms with Gasteiger partial charge in [-0.15, -0.1) is 0 Å². The summed E-state index contributed by atoms with van der Waals surface area (Å²) < 4.78 is 25.9. The van der Waals surface area contributed by atoms with Crippen LogP contribution < -0.4 is 5.32 Å². The molecule has 1 aromatic rings. The summed E-state index contributed by atoms with van der Waals surface area (Å²) in [6.07, 6.45) is 0. The quantitative estimate of drug-likeness (QED) is 0.841. The lowest BCUT2D eigenvalue weighted by Gasteiger charge is -2.25. The number of hydrogen-bond acceptors (Lipinski definition) is 3. The molecule has 0 saturated carbocycles. The van der Waals surface area contributed by atoms with E-state index in [-0.39, 0.29) is 17.8 Å². The van der Waals surface area contributed by atoms with Crippen molar-refractivity contribution >= 4 is 21.6 Å². The molecule has 1 unspecified atom stereocenters. The highest BCUT2D eigenvalue weighted by molar-refractivity contribution is 7.89. The third-order valence-electron chi connectivity index (χ3n) is 3.25. The highest BCUT2D eigenvalue weighted by Gasteiger charge is 2.23. The molecule has 0 aromatic heterocycles. The molecule has 0 bridgehead atoms. The first-order chi connectivity index (χ1) is 9.24. The molecule has 1 rings (SSSR count). The Morgan fingerprint density at radius 3 is 2.25 bits per heavy atom. The molecule has 0 radical (unpaired) electrons. The average Bonchev–Trinajstić information content (AvgIpc) is 2.37. The fraction of sp³-hybridized carbons (Fsp3) is 0.571. The van der Waals surface area contributed by atoms with Gasteiger partial charge < -0.3 is 5.32 Å². The average molecular weight is 319 g/mol. The minimum Gasteiger partial charge on any atom is -0.313 e. The number of nitrogens with one attached hydrogen (secondary N) is 1. The van der Waals surface area contributed by atoms with E-state index in [2.05, 4.69) is 5.32 Å². The summed E-state index contributed by atoms with van der Waals surface area (Å²) in [5.41, 5.74) is 0.928. The van der Waals surface area contributed by atoms with E-state index in [1.165, 1.54) is 4.31 Å². The summed E-state index contributed by atoms with van der Waals surface area (Å²) in [6.45, 7) is 6.31. The molecule has 0 heterocycles. The van der Waals surface area contributed by atoms with Gasteiger partial charge in [0.05, 0.1) is 5.75 Å². The van der Waals surface area contributed by atoms with Crippen molar-refractivity contribution < 1.29 is 8.42 Å². The summed E-state index contributed by atoms with van der Waals surface area (Å²) in [5, 5.41) is 3.77. The monoisotopic (exact) mass is 318 g/mol. The van der Waals surface area contributed by atoms with Crippen LogP contribution in [0.2, 0.25) is 5.02 Å². The highest BCUT2D eigenvalue weighted by atomic mass is 35.5. The maximum atomic E-state index is 12.3. The lowest BCUT2D eigenvalue weighted by molar-refractivity contribution is 0.397. The first kappa shape index (κ1) is 17.4. The van der Waals surface area contributed by atoms with Crippen molar-refractivity contribution in [1.82, 2.24) is 9.62 Å². The molecule has 114 valence electrons. The summed E-state index contributed by atoms with van der Waals surface area (Å²) >= 11 is 5.84. The van der Waals surface area contributed by atoms with Crippen LogP contribution in [0.5, 0.6) is 0 Å². The zero-order valence-corrected chi connectivity index (χ0v) is 14.0. The number of sulfonamides is 1. The van der Waals surface area contributed by atoms with Crippen LogP contribution in [0.15, 0.2) is 24.3 Å². The second-order valence-electron chi connectivity index (χ2n) is 5.17. The molecule has 0 saturated heterocycles. The first-order valence-corrected chi connectivity index (χ1v) is 8.67. The lowest BCUT2D eigenvalue weighted by atomic mass is 10.1. The van der Waals surface area contributed by atoms with Gasteiger partial charge >= 0.3 is 0 Å². The Kier molecular flexibility index (Phi) is 6.45. The molecule has 20 heavy (non-hydrogen) atoms. The normalized spacial score (nSPS) is 13.9. The molecule has 6 heteroatoms. The molecule has 0 fully saturated rings. The van der Waals surface area contributed by atoms with Crippen molar-refractivity contribution in [3.63, 3.8) is 0 Å². The molecule has 0 aliphatic carbocycles. The van der Waals surface area contributed by atoms with Crippen molar-refractivity contribution in [2.75, 3.05) is 19.3 Å². The fourth-order valence-corrected chi connectivity index (χ4v) is 3.21. The van der Waals surface area contributed by atoms with Crippen LogP contribution in [0.1, 0.15) is 32.4 Å². The van der Waals surface area contributed by atoms with Crippen molar-refractivity contribution in [2.45, 2.75) is 32.9 Å². The van der Waals surface area contributed by atoms with Crippen LogP contribution in [0, 0.1) is 0 Å². The smallest absolute Gasteiger partial charge is 0.215 e. The Morgan fingerprint density at radius 2 is 1.75 bits per heavy atom. The third kappa shape index (κ3) is 5.05. The topological polar surface area (TPSA) is 49.4 Å². The van der Waals surface area contributed by atoms with Gasteiger partial charge in [0.1, 0.15) is 0 Å². The minimum atomic E-state index is -3.28. The highest BCUT2D eigenvalue weighted by Crippen LogP contribution is 2.23. The zero-order chi connectivity index (χ0) is 15.3. The second kappa shape index (κ2) is 7.41. The van der Waals surface area contributed by atoms with Crippen LogP contribution in [-0.2, 0) is 10.0 Å². The van der Waals surface area contributed by atoms with Crippen molar-refractivity contribution in [3.8, 4) is 0 Å². The summed E-state index contributed by atoms with van der Waals surface area (Å²) in [7, 11) is -1.66. The number of rotatable bonds is 7.